The second-order valence-electron chi connectivity index (χ2n) is 9.01. The number of pyridine rings is 1. The highest BCUT2D eigenvalue weighted by Crippen LogP contribution is 2.37. The van der Waals surface area contributed by atoms with Crippen LogP contribution in [0.3, 0.4) is 0 Å². The van der Waals surface area contributed by atoms with E-state index in [1.54, 1.807) is 20.0 Å². The number of H-pyrrole nitrogens is 1. The van der Waals surface area contributed by atoms with Crippen molar-refractivity contribution >= 4 is 45.2 Å². The standard InChI is InChI=1S/C28H32ClFN4O2/c1-5-7-8-11-34(4)16-18-12-17(28(35)36-6-2)9-10-20(18)23-15-22-25(29)21-13-19(30)14-24(31-3)26(21)33-27(22)32-23/h9-10,12-15,31H,5-8,11,16H2,1-4H3,(H,32,33). The highest BCUT2D eigenvalue weighted by Gasteiger charge is 2.18. The molecule has 190 valence electrons. The number of unbranched alkanes of at least 4 members (excludes halogenated alkanes) is 2. The van der Waals surface area contributed by atoms with Crippen LogP contribution < -0.4 is 5.32 Å². The molecule has 2 aromatic heterocycles. The average molecular weight is 511 g/mol. The van der Waals surface area contributed by atoms with Gasteiger partial charge in [-0.15, -0.1) is 0 Å². The summed E-state index contributed by atoms with van der Waals surface area (Å²) in [7, 11) is 3.81. The first-order valence-electron chi connectivity index (χ1n) is 12.3. The van der Waals surface area contributed by atoms with Gasteiger partial charge in [0.2, 0.25) is 0 Å². The zero-order valence-electron chi connectivity index (χ0n) is 21.2. The van der Waals surface area contributed by atoms with Crippen LogP contribution in [0.1, 0.15) is 49.0 Å². The third-order valence-corrected chi connectivity index (χ3v) is 6.73. The predicted octanol–water partition coefficient (Wildman–Crippen LogP) is 7.02. The summed E-state index contributed by atoms with van der Waals surface area (Å²) in [4.78, 5) is 22.9. The van der Waals surface area contributed by atoms with Gasteiger partial charge in [-0.2, -0.15) is 0 Å². The Hall–Kier alpha value is -3.16. The number of hydrogen-bond acceptors (Lipinski definition) is 5. The van der Waals surface area contributed by atoms with Gasteiger partial charge in [0.25, 0.3) is 0 Å². The van der Waals surface area contributed by atoms with Gasteiger partial charge in [0.1, 0.15) is 11.5 Å². The van der Waals surface area contributed by atoms with Crippen molar-refractivity contribution in [3.05, 3.63) is 58.4 Å². The van der Waals surface area contributed by atoms with Gasteiger partial charge in [0, 0.05) is 35.6 Å². The Labute approximate surface area is 215 Å². The van der Waals surface area contributed by atoms with Gasteiger partial charge in [0.05, 0.1) is 28.4 Å². The average Bonchev–Trinajstić information content (AvgIpc) is 3.29. The largest absolute Gasteiger partial charge is 0.462 e. The first-order valence-corrected chi connectivity index (χ1v) is 12.7. The molecule has 0 saturated heterocycles. The quantitative estimate of drug-likeness (QED) is 0.177. The van der Waals surface area contributed by atoms with E-state index in [1.807, 2.05) is 18.2 Å². The van der Waals surface area contributed by atoms with Crippen LogP contribution in [0.2, 0.25) is 5.02 Å². The van der Waals surface area contributed by atoms with E-state index >= 15 is 0 Å². The molecular weight excluding hydrogens is 479 g/mol. The van der Waals surface area contributed by atoms with E-state index in [-0.39, 0.29) is 11.8 Å². The van der Waals surface area contributed by atoms with Crippen molar-refractivity contribution in [2.24, 2.45) is 0 Å². The SMILES string of the molecule is CCCCCN(C)Cc1cc(C(=O)OCC)ccc1-c1cc2c(Cl)c3cc(F)cc(NC)c3nc2[nH]1. The lowest BCUT2D eigenvalue weighted by Gasteiger charge is -2.19. The first-order chi connectivity index (χ1) is 17.4. The number of esters is 1. The summed E-state index contributed by atoms with van der Waals surface area (Å²) < 4.78 is 19.4. The third-order valence-electron chi connectivity index (χ3n) is 6.33. The zero-order chi connectivity index (χ0) is 25.8. The minimum absolute atomic E-state index is 0.321. The predicted molar refractivity (Wildman–Crippen MR) is 145 cm³/mol. The highest BCUT2D eigenvalue weighted by molar-refractivity contribution is 6.40. The molecular formula is C28H32ClFN4O2. The second kappa shape index (κ2) is 11.3. The highest BCUT2D eigenvalue weighted by atomic mass is 35.5. The molecule has 2 aromatic carbocycles. The number of carbonyl (C=O) groups is 1. The zero-order valence-corrected chi connectivity index (χ0v) is 21.9. The molecule has 8 heteroatoms. The number of nitrogens with zero attached hydrogens (tertiary/aromatic N) is 2. The number of hydrogen-bond donors (Lipinski definition) is 2. The third kappa shape index (κ3) is 5.32. The van der Waals surface area contributed by atoms with Crippen LogP contribution in [0.15, 0.2) is 36.4 Å². The fourth-order valence-corrected chi connectivity index (χ4v) is 4.80. The lowest BCUT2D eigenvalue weighted by molar-refractivity contribution is 0.0526. The molecule has 0 spiro atoms. The number of anilines is 1. The molecule has 0 atom stereocenters. The van der Waals surface area contributed by atoms with E-state index in [9.17, 15) is 9.18 Å². The maximum absolute atomic E-state index is 14.2. The molecule has 0 saturated carbocycles. The molecule has 0 radical (unpaired) electrons. The maximum atomic E-state index is 14.2. The summed E-state index contributed by atoms with van der Waals surface area (Å²) in [5.41, 5.74) is 5.06. The molecule has 0 aliphatic rings. The summed E-state index contributed by atoms with van der Waals surface area (Å²) in [6, 6.07) is 10.4. The Morgan fingerprint density at radius 1 is 1.17 bits per heavy atom. The monoisotopic (exact) mass is 510 g/mol. The van der Waals surface area contributed by atoms with Crippen molar-refractivity contribution in [2.45, 2.75) is 39.7 Å². The number of carbonyl (C=O) groups excluding carboxylic acids is 1. The molecule has 0 amide bonds. The van der Waals surface area contributed by atoms with E-state index in [1.165, 1.54) is 18.6 Å². The van der Waals surface area contributed by atoms with Crippen LogP contribution in [0, 0.1) is 5.82 Å². The number of rotatable bonds is 10. The molecule has 4 rings (SSSR count). The van der Waals surface area contributed by atoms with Gasteiger partial charge in [-0.05, 0) is 62.8 Å². The lowest BCUT2D eigenvalue weighted by atomic mass is 10.0. The smallest absolute Gasteiger partial charge is 0.338 e. The molecule has 0 unspecified atom stereocenters. The molecule has 0 bridgehead atoms. The fourth-order valence-electron chi connectivity index (χ4n) is 4.51. The number of ether oxygens (including phenoxy) is 1. The summed E-state index contributed by atoms with van der Waals surface area (Å²) in [6.07, 6.45) is 3.45. The van der Waals surface area contributed by atoms with Crippen molar-refractivity contribution < 1.29 is 13.9 Å². The number of benzene rings is 2. The van der Waals surface area contributed by atoms with Gasteiger partial charge in [-0.1, -0.05) is 37.4 Å². The van der Waals surface area contributed by atoms with Crippen molar-refractivity contribution in [3.8, 4) is 11.3 Å². The number of nitrogens with one attached hydrogen (secondary N) is 2. The molecule has 0 aliphatic heterocycles. The van der Waals surface area contributed by atoms with E-state index in [0.29, 0.717) is 51.4 Å². The van der Waals surface area contributed by atoms with Gasteiger partial charge >= 0.3 is 5.97 Å². The summed E-state index contributed by atoms with van der Waals surface area (Å²) in [6.45, 7) is 5.93. The van der Waals surface area contributed by atoms with Crippen LogP contribution in [0.5, 0.6) is 0 Å². The molecule has 2 N–H and O–H groups in total. The van der Waals surface area contributed by atoms with E-state index < -0.39 is 0 Å². The van der Waals surface area contributed by atoms with Crippen molar-refractivity contribution in [1.82, 2.24) is 14.9 Å². The van der Waals surface area contributed by atoms with Gasteiger partial charge < -0.3 is 19.9 Å². The van der Waals surface area contributed by atoms with E-state index in [4.69, 9.17) is 21.3 Å². The number of halogens is 2. The Kier molecular flexibility index (Phi) is 8.11. The fraction of sp³-hybridized carbons (Fsp3) is 0.357. The van der Waals surface area contributed by atoms with Gasteiger partial charge in [-0.25, -0.2) is 14.2 Å². The van der Waals surface area contributed by atoms with Gasteiger partial charge in [0.15, 0.2) is 0 Å². The van der Waals surface area contributed by atoms with Crippen molar-refractivity contribution in [1.29, 1.82) is 0 Å². The minimum atomic E-state index is -0.381. The summed E-state index contributed by atoms with van der Waals surface area (Å²) in [5, 5.41) is 4.70. The Balaban J connectivity index is 1.81. The first kappa shape index (κ1) is 25.9. The molecule has 4 aromatic rings. The maximum Gasteiger partial charge on any atom is 0.338 e. The minimum Gasteiger partial charge on any atom is -0.462 e. The molecule has 2 heterocycles. The Bertz CT molecular complexity index is 1400. The number of aromatic nitrogens is 2. The topological polar surface area (TPSA) is 70.2 Å². The molecule has 36 heavy (non-hydrogen) atoms. The molecule has 0 fully saturated rings. The Morgan fingerprint density at radius 3 is 2.69 bits per heavy atom. The van der Waals surface area contributed by atoms with E-state index in [0.717, 1.165) is 36.2 Å². The lowest BCUT2D eigenvalue weighted by Crippen LogP contribution is -2.20. The molecule has 6 nitrogen and oxygen atoms in total. The number of fused-ring (bicyclic) bond motifs is 2. The van der Waals surface area contributed by atoms with Crippen LogP contribution in [-0.4, -0.2) is 48.1 Å². The number of aromatic amines is 1. The normalized spacial score (nSPS) is 11.5. The van der Waals surface area contributed by atoms with Crippen LogP contribution in [0.25, 0.3) is 33.2 Å². The van der Waals surface area contributed by atoms with E-state index in [2.05, 4.69) is 29.2 Å². The van der Waals surface area contributed by atoms with Crippen LogP contribution >= 0.6 is 11.6 Å². The van der Waals surface area contributed by atoms with Crippen molar-refractivity contribution in [2.75, 3.05) is 32.6 Å². The Morgan fingerprint density at radius 2 is 1.97 bits per heavy atom. The summed E-state index contributed by atoms with van der Waals surface area (Å²) in [5.74, 6) is -0.721. The van der Waals surface area contributed by atoms with Crippen molar-refractivity contribution in [3.63, 3.8) is 0 Å². The van der Waals surface area contributed by atoms with Gasteiger partial charge in [-0.3, -0.25) is 0 Å². The summed E-state index contributed by atoms with van der Waals surface area (Å²) >= 11 is 6.75. The van der Waals surface area contributed by atoms with Crippen LogP contribution in [0.4, 0.5) is 10.1 Å². The second-order valence-corrected chi connectivity index (χ2v) is 9.39. The van der Waals surface area contributed by atoms with Crippen LogP contribution in [-0.2, 0) is 11.3 Å². The molecule has 0 aliphatic carbocycles.